The largest absolute Gasteiger partial charge is 0.497 e. The van der Waals surface area contributed by atoms with Crippen LogP contribution < -0.4 is 15.6 Å². The van der Waals surface area contributed by atoms with E-state index in [1.54, 1.807) is 25.3 Å². The summed E-state index contributed by atoms with van der Waals surface area (Å²) in [7, 11) is 1.58. The summed E-state index contributed by atoms with van der Waals surface area (Å²) in [4.78, 5) is 30.7. The second-order valence-corrected chi connectivity index (χ2v) is 8.35. The van der Waals surface area contributed by atoms with Crippen molar-refractivity contribution in [2.24, 2.45) is 0 Å². The van der Waals surface area contributed by atoms with Crippen LogP contribution in [0.1, 0.15) is 11.1 Å². The molecule has 7 heteroatoms. The van der Waals surface area contributed by atoms with Gasteiger partial charge < -0.3 is 10.1 Å². The predicted octanol–water partition coefficient (Wildman–Crippen LogP) is 4.74. The molecule has 0 saturated heterocycles. The van der Waals surface area contributed by atoms with E-state index in [0.717, 1.165) is 16.8 Å². The van der Waals surface area contributed by atoms with Crippen molar-refractivity contribution < 1.29 is 9.53 Å². The first-order valence-electron chi connectivity index (χ1n) is 10.1. The number of methoxy groups -OCH3 is 1. The van der Waals surface area contributed by atoms with Gasteiger partial charge in [0.2, 0.25) is 5.91 Å². The number of nitrogens with one attached hydrogen (secondary N) is 1. The molecule has 0 aliphatic rings. The molecule has 3 aromatic carbocycles. The number of ether oxygens (including phenoxy) is 1. The molecule has 0 spiro atoms. The summed E-state index contributed by atoms with van der Waals surface area (Å²) < 4.78 is 6.85. The molecule has 162 valence electrons. The molecule has 1 heterocycles. The summed E-state index contributed by atoms with van der Waals surface area (Å²) >= 11 is 1.22. The van der Waals surface area contributed by atoms with Crippen LogP contribution in [-0.2, 0) is 4.79 Å². The topological polar surface area (TPSA) is 73.2 Å². The van der Waals surface area contributed by atoms with Crippen molar-refractivity contribution in [2.45, 2.75) is 19.0 Å². The monoisotopic (exact) mass is 445 g/mol. The maximum atomic E-state index is 13.3. The van der Waals surface area contributed by atoms with Crippen LogP contribution in [0.5, 0.6) is 5.75 Å². The van der Waals surface area contributed by atoms with Crippen molar-refractivity contribution in [3.05, 3.63) is 88.2 Å². The third-order valence-corrected chi connectivity index (χ3v) is 5.99. The van der Waals surface area contributed by atoms with Gasteiger partial charge in [0.1, 0.15) is 5.75 Å². The number of anilines is 1. The van der Waals surface area contributed by atoms with E-state index in [4.69, 9.17) is 4.74 Å². The van der Waals surface area contributed by atoms with Crippen LogP contribution in [0, 0.1) is 13.8 Å². The minimum absolute atomic E-state index is 0.113. The molecular weight excluding hydrogens is 422 g/mol. The number of amides is 1. The maximum absolute atomic E-state index is 13.3. The van der Waals surface area contributed by atoms with Gasteiger partial charge in [0.15, 0.2) is 5.16 Å². The van der Waals surface area contributed by atoms with E-state index in [0.29, 0.717) is 27.5 Å². The lowest BCUT2D eigenvalue weighted by molar-refractivity contribution is -0.113. The average molecular weight is 446 g/mol. The number of carbonyl (C=O) groups excluding carboxylic acids is 1. The number of fused-ring (bicyclic) bond motifs is 1. The highest BCUT2D eigenvalue weighted by Gasteiger charge is 2.15. The normalized spacial score (nSPS) is 10.8. The Hall–Kier alpha value is -3.58. The van der Waals surface area contributed by atoms with Gasteiger partial charge in [-0.05, 0) is 55.3 Å². The van der Waals surface area contributed by atoms with Gasteiger partial charge in [0.05, 0.1) is 29.5 Å². The Morgan fingerprint density at radius 2 is 1.88 bits per heavy atom. The van der Waals surface area contributed by atoms with E-state index in [-0.39, 0.29) is 17.2 Å². The molecule has 0 bridgehead atoms. The molecule has 0 saturated carbocycles. The van der Waals surface area contributed by atoms with E-state index >= 15 is 0 Å². The summed E-state index contributed by atoms with van der Waals surface area (Å²) in [6.07, 6.45) is 0. The summed E-state index contributed by atoms with van der Waals surface area (Å²) in [6, 6.07) is 20.4. The Morgan fingerprint density at radius 3 is 2.69 bits per heavy atom. The molecule has 1 aromatic heterocycles. The zero-order valence-corrected chi connectivity index (χ0v) is 18.9. The molecule has 0 fully saturated rings. The molecule has 0 unspecified atom stereocenters. The number of thioether (sulfide) groups is 1. The summed E-state index contributed by atoms with van der Waals surface area (Å²) in [5, 5.41) is 3.91. The Balaban J connectivity index is 1.69. The predicted molar refractivity (Wildman–Crippen MR) is 129 cm³/mol. The van der Waals surface area contributed by atoms with Gasteiger partial charge in [0.25, 0.3) is 5.56 Å². The molecule has 4 aromatic rings. The van der Waals surface area contributed by atoms with Gasteiger partial charge in [-0.1, -0.05) is 42.1 Å². The smallest absolute Gasteiger partial charge is 0.266 e. The molecule has 6 nitrogen and oxygen atoms in total. The second kappa shape index (κ2) is 9.28. The number of carbonyl (C=O) groups is 1. The number of aryl methyl sites for hydroxylation is 2. The molecule has 0 aliphatic carbocycles. The Labute approximate surface area is 190 Å². The molecule has 4 rings (SSSR count). The zero-order chi connectivity index (χ0) is 22.7. The van der Waals surface area contributed by atoms with Gasteiger partial charge in [-0.15, -0.1) is 0 Å². The third-order valence-electron chi connectivity index (χ3n) is 5.06. The molecular formula is C25H23N3O3S. The fraction of sp³-hybridized carbons (Fsp3) is 0.160. The van der Waals surface area contributed by atoms with Crippen LogP contribution in [0.4, 0.5) is 5.69 Å². The fourth-order valence-corrected chi connectivity index (χ4v) is 4.19. The molecule has 1 amide bonds. The number of para-hydroxylation sites is 1. The van der Waals surface area contributed by atoms with Crippen molar-refractivity contribution in [2.75, 3.05) is 18.2 Å². The maximum Gasteiger partial charge on any atom is 0.266 e. The molecule has 0 radical (unpaired) electrons. The van der Waals surface area contributed by atoms with E-state index in [9.17, 15) is 9.59 Å². The number of nitrogens with zero attached hydrogens (tertiary/aromatic N) is 2. The number of aromatic nitrogens is 2. The standard InChI is InChI=1S/C25H23N3O3S/c1-16-11-12-17(2)22(13-16)26-23(29)15-32-25-27-21-10-5-4-9-20(21)24(30)28(25)18-7-6-8-19(14-18)31-3/h4-14H,15H2,1-3H3,(H,26,29). The van der Waals surface area contributed by atoms with Crippen LogP contribution in [0.25, 0.3) is 16.6 Å². The van der Waals surface area contributed by atoms with Gasteiger partial charge >= 0.3 is 0 Å². The first kappa shape index (κ1) is 21.6. The summed E-state index contributed by atoms with van der Waals surface area (Å²) in [5.41, 5.74) is 3.88. The van der Waals surface area contributed by atoms with E-state index in [1.807, 2.05) is 62.4 Å². The van der Waals surface area contributed by atoms with Crippen LogP contribution in [0.2, 0.25) is 0 Å². The zero-order valence-electron chi connectivity index (χ0n) is 18.1. The molecule has 0 aliphatic heterocycles. The SMILES string of the molecule is COc1cccc(-n2c(SCC(=O)Nc3cc(C)ccc3C)nc3ccccc3c2=O)c1. The van der Waals surface area contributed by atoms with E-state index in [1.165, 1.54) is 16.3 Å². The minimum atomic E-state index is -0.193. The van der Waals surface area contributed by atoms with Crippen LogP contribution in [-0.4, -0.2) is 28.3 Å². The van der Waals surface area contributed by atoms with Crippen molar-refractivity contribution in [3.63, 3.8) is 0 Å². The van der Waals surface area contributed by atoms with Crippen molar-refractivity contribution in [1.82, 2.24) is 9.55 Å². The van der Waals surface area contributed by atoms with Gasteiger partial charge in [-0.3, -0.25) is 14.2 Å². The molecule has 32 heavy (non-hydrogen) atoms. The number of hydrogen-bond acceptors (Lipinski definition) is 5. The minimum Gasteiger partial charge on any atom is -0.497 e. The second-order valence-electron chi connectivity index (χ2n) is 7.41. The molecule has 1 N–H and O–H groups in total. The van der Waals surface area contributed by atoms with Crippen LogP contribution >= 0.6 is 11.8 Å². The van der Waals surface area contributed by atoms with Crippen LogP contribution in [0.3, 0.4) is 0 Å². The quantitative estimate of drug-likeness (QED) is 0.343. The first-order valence-corrected chi connectivity index (χ1v) is 11.1. The first-order chi connectivity index (χ1) is 15.5. The highest BCUT2D eigenvalue weighted by Crippen LogP contribution is 2.24. The fourth-order valence-electron chi connectivity index (χ4n) is 3.37. The lowest BCUT2D eigenvalue weighted by Gasteiger charge is -2.14. The van der Waals surface area contributed by atoms with Crippen molar-refractivity contribution in [1.29, 1.82) is 0 Å². The third kappa shape index (κ3) is 4.53. The van der Waals surface area contributed by atoms with Crippen molar-refractivity contribution >= 4 is 34.3 Å². The number of rotatable bonds is 6. The van der Waals surface area contributed by atoms with Crippen LogP contribution in [0.15, 0.2) is 76.7 Å². The van der Waals surface area contributed by atoms with Gasteiger partial charge in [-0.2, -0.15) is 0 Å². The lowest BCUT2D eigenvalue weighted by Crippen LogP contribution is -2.23. The van der Waals surface area contributed by atoms with E-state index < -0.39 is 0 Å². The molecule has 0 atom stereocenters. The number of hydrogen-bond donors (Lipinski definition) is 1. The Bertz CT molecular complexity index is 1360. The number of benzene rings is 3. The average Bonchev–Trinajstić information content (AvgIpc) is 2.80. The Kier molecular flexibility index (Phi) is 6.28. The lowest BCUT2D eigenvalue weighted by atomic mass is 10.1. The van der Waals surface area contributed by atoms with Gasteiger partial charge in [-0.25, -0.2) is 4.98 Å². The van der Waals surface area contributed by atoms with Crippen molar-refractivity contribution in [3.8, 4) is 11.4 Å². The van der Waals surface area contributed by atoms with Gasteiger partial charge in [0, 0.05) is 11.8 Å². The Morgan fingerprint density at radius 1 is 1.06 bits per heavy atom. The summed E-state index contributed by atoms with van der Waals surface area (Å²) in [5.74, 6) is 0.580. The highest BCUT2D eigenvalue weighted by atomic mass is 32.2. The van der Waals surface area contributed by atoms with E-state index in [2.05, 4.69) is 10.3 Å². The summed E-state index contributed by atoms with van der Waals surface area (Å²) in [6.45, 7) is 3.93. The highest BCUT2D eigenvalue weighted by molar-refractivity contribution is 7.99.